The number of hydrogen-bond acceptors (Lipinski definition) is 3. The molecule has 17 heavy (non-hydrogen) atoms. The number of rotatable bonds is 1. The Morgan fingerprint density at radius 2 is 1.88 bits per heavy atom. The van der Waals surface area contributed by atoms with E-state index < -0.39 is 0 Å². The predicted molar refractivity (Wildman–Crippen MR) is 62.9 cm³/mol. The van der Waals surface area contributed by atoms with Crippen molar-refractivity contribution < 1.29 is 18.8 Å². The van der Waals surface area contributed by atoms with Crippen molar-refractivity contribution in [2.24, 2.45) is 0 Å². The first-order chi connectivity index (χ1) is 8.08. The SMILES string of the molecule is C[N+]1=C(c2ccc3c(c2)OCO3)OCC1(C)C. The van der Waals surface area contributed by atoms with Gasteiger partial charge in [-0.2, -0.15) is 4.58 Å². The molecule has 0 aromatic heterocycles. The Balaban J connectivity index is 2.03. The molecule has 0 saturated heterocycles. The first-order valence-electron chi connectivity index (χ1n) is 5.71. The average molecular weight is 234 g/mol. The summed E-state index contributed by atoms with van der Waals surface area (Å²) in [6.07, 6.45) is 0. The number of hydrogen-bond donors (Lipinski definition) is 0. The Hall–Kier alpha value is -1.71. The molecule has 0 unspecified atom stereocenters. The Bertz CT molecular complexity index is 505. The Morgan fingerprint density at radius 3 is 2.59 bits per heavy atom. The first-order valence-corrected chi connectivity index (χ1v) is 5.71. The average Bonchev–Trinajstić information content (AvgIpc) is 2.84. The van der Waals surface area contributed by atoms with Gasteiger partial charge in [0.05, 0.1) is 5.56 Å². The summed E-state index contributed by atoms with van der Waals surface area (Å²) in [5.74, 6) is 2.49. The second-order valence-corrected chi connectivity index (χ2v) is 5.03. The molecular formula is C13H16NO3+. The molecule has 0 N–H and O–H groups in total. The summed E-state index contributed by atoms with van der Waals surface area (Å²) in [6.45, 7) is 5.32. The van der Waals surface area contributed by atoms with Crippen LogP contribution in [0, 0.1) is 0 Å². The molecule has 4 heteroatoms. The van der Waals surface area contributed by atoms with Gasteiger partial charge < -0.3 is 14.2 Å². The van der Waals surface area contributed by atoms with E-state index in [0.29, 0.717) is 13.4 Å². The molecule has 4 nitrogen and oxygen atoms in total. The lowest BCUT2D eigenvalue weighted by Crippen LogP contribution is -2.33. The summed E-state index contributed by atoms with van der Waals surface area (Å²) in [4.78, 5) is 0. The minimum absolute atomic E-state index is 0.0334. The van der Waals surface area contributed by atoms with E-state index in [4.69, 9.17) is 14.2 Å². The van der Waals surface area contributed by atoms with E-state index in [9.17, 15) is 0 Å². The topological polar surface area (TPSA) is 30.7 Å². The van der Waals surface area contributed by atoms with E-state index in [0.717, 1.165) is 23.0 Å². The second-order valence-electron chi connectivity index (χ2n) is 5.03. The van der Waals surface area contributed by atoms with E-state index in [2.05, 4.69) is 18.4 Å². The molecular weight excluding hydrogens is 218 g/mol. The summed E-state index contributed by atoms with van der Waals surface area (Å²) < 4.78 is 18.6. The number of nitrogens with zero attached hydrogens (tertiary/aromatic N) is 1. The second kappa shape index (κ2) is 3.39. The maximum Gasteiger partial charge on any atom is 0.370 e. The van der Waals surface area contributed by atoms with Gasteiger partial charge in [0.25, 0.3) is 0 Å². The third kappa shape index (κ3) is 1.55. The fourth-order valence-corrected chi connectivity index (χ4v) is 2.02. The normalized spacial score (nSPS) is 20.6. The molecule has 1 aromatic rings. The maximum absolute atomic E-state index is 5.77. The molecule has 1 aromatic carbocycles. The van der Waals surface area contributed by atoms with Crippen LogP contribution < -0.4 is 9.47 Å². The molecule has 2 aliphatic rings. The first kappa shape index (κ1) is 10.4. The van der Waals surface area contributed by atoms with Crippen LogP contribution in [0.3, 0.4) is 0 Å². The van der Waals surface area contributed by atoms with Crippen molar-refractivity contribution in [3.8, 4) is 11.5 Å². The lowest BCUT2D eigenvalue weighted by atomic mass is 10.1. The van der Waals surface area contributed by atoms with Gasteiger partial charge in [-0.05, 0) is 12.1 Å². The van der Waals surface area contributed by atoms with Crippen LogP contribution in [0.15, 0.2) is 18.2 Å². The maximum atomic E-state index is 5.77. The molecule has 90 valence electrons. The van der Waals surface area contributed by atoms with Crippen LogP contribution in [0.5, 0.6) is 11.5 Å². The Kier molecular flexibility index (Phi) is 2.08. The van der Waals surface area contributed by atoms with Gasteiger partial charge >= 0.3 is 5.90 Å². The van der Waals surface area contributed by atoms with Gasteiger partial charge in [0.1, 0.15) is 7.05 Å². The number of likely N-dealkylation sites (N-methyl/N-ethyl adjacent to an activating group) is 1. The van der Waals surface area contributed by atoms with Crippen LogP contribution in [0.2, 0.25) is 0 Å². The highest BCUT2D eigenvalue weighted by atomic mass is 16.7. The molecule has 3 rings (SSSR count). The van der Waals surface area contributed by atoms with E-state index in [-0.39, 0.29) is 5.54 Å². The van der Waals surface area contributed by atoms with E-state index in [1.807, 2.05) is 25.2 Å². The molecule has 2 heterocycles. The summed E-state index contributed by atoms with van der Waals surface area (Å²) in [7, 11) is 2.05. The van der Waals surface area contributed by atoms with Crippen LogP contribution in [-0.2, 0) is 4.74 Å². The quantitative estimate of drug-likeness (QED) is 0.692. The lowest BCUT2D eigenvalue weighted by molar-refractivity contribution is -0.562. The molecule has 0 spiro atoms. The smallest absolute Gasteiger partial charge is 0.370 e. The van der Waals surface area contributed by atoms with Crippen LogP contribution in [0.25, 0.3) is 0 Å². The minimum Gasteiger partial charge on any atom is -0.454 e. The van der Waals surface area contributed by atoms with Crippen molar-refractivity contribution in [1.82, 2.24) is 0 Å². The highest BCUT2D eigenvalue weighted by Crippen LogP contribution is 2.33. The fraction of sp³-hybridized carbons (Fsp3) is 0.462. The van der Waals surface area contributed by atoms with Gasteiger partial charge in [-0.1, -0.05) is 0 Å². The lowest BCUT2D eigenvalue weighted by Gasteiger charge is -2.09. The van der Waals surface area contributed by atoms with Gasteiger partial charge in [0, 0.05) is 19.9 Å². The zero-order chi connectivity index (χ0) is 12.0. The number of ether oxygens (including phenoxy) is 3. The third-order valence-electron chi connectivity index (χ3n) is 3.39. The van der Waals surface area contributed by atoms with Crippen molar-refractivity contribution >= 4 is 5.90 Å². The molecule has 0 fully saturated rings. The monoisotopic (exact) mass is 234 g/mol. The Labute approximate surface area is 100 Å². The molecule has 0 saturated carbocycles. The van der Waals surface area contributed by atoms with Crippen molar-refractivity contribution in [2.75, 3.05) is 20.4 Å². The highest BCUT2D eigenvalue weighted by molar-refractivity contribution is 5.91. The summed E-state index contributed by atoms with van der Waals surface area (Å²) in [5, 5.41) is 0. The van der Waals surface area contributed by atoms with Crippen LogP contribution in [0.4, 0.5) is 0 Å². The van der Waals surface area contributed by atoms with Crippen LogP contribution >= 0.6 is 0 Å². The van der Waals surface area contributed by atoms with Gasteiger partial charge in [-0.15, -0.1) is 0 Å². The Morgan fingerprint density at radius 1 is 1.12 bits per heavy atom. The van der Waals surface area contributed by atoms with E-state index >= 15 is 0 Å². The summed E-state index contributed by atoms with van der Waals surface area (Å²) >= 11 is 0. The predicted octanol–water partition coefficient (Wildman–Crippen LogP) is 1.61. The van der Waals surface area contributed by atoms with Crippen LogP contribution in [-0.4, -0.2) is 36.5 Å². The van der Waals surface area contributed by atoms with Gasteiger partial charge in [0.2, 0.25) is 6.79 Å². The van der Waals surface area contributed by atoms with Crippen molar-refractivity contribution in [1.29, 1.82) is 0 Å². The zero-order valence-electron chi connectivity index (χ0n) is 10.3. The van der Waals surface area contributed by atoms with Gasteiger partial charge in [0.15, 0.2) is 23.6 Å². The largest absolute Gasteiger partial charge is 0.454 e. The van der Waals surface area contributed by atoms with E-state index in [1.54, 1.807) is 0 Å². The van der Waals surface area contributed by atoms with Crippen molar-refractivity contribution in [3.63, 3.8) is 0 Å². The molecule has 0 atom stereocenters. The number of fused-ring (bicyclic) bond motifs is 1. The van der Waals surface area contributed by atoms with Crippen LogP contribution in [0.1, 0.15) is 19.4 Å². The van der Waals surface area contributed by atoms with Gasteiger partial charge in [-0.3, -0.25) is 0 Å². The molecule has 0 bridgehead atoms. The molecule has 2 aliphatic heterocycles. The highest BCUT2D eigenvalue weighted by Gasteiger charge is 2.40. The summed E-state index contributed by atoms with van der Waals surface area (Å²) in [6, 6.07) is 5.89. The minimum atomic E-state index is 0.0334. The molecule has 0 aliphatic carbocycles. The standard InChI is InChI=1S/C13H16NO3/c1-13(2)7-15-12(14(13)3)9-4-5-10-11(6-9)17-8-16-10/h4-6H,7-8H2,1-3H3/q+1. The van der Waals surface area contributed by atoms with Crippen molar-refractivity contribution in [2.45, 2.75) is 19.4 Å². The molecule has 0 radical (unpaired) electrons. The fourth-order valence-electron chi connectivity index (χ4n) is 2.02. The number of benzene rings is 1. The summed E-state index contributed by atoms with van der Waals surface area (Å²) in [5.41, 5.74) is 1.06. The zero-order valence-corrected chi connectivity index (χ0v) is 10.3. The third-order valence-corrected chi connectivity index (χ3v) is 3.39. The molecule has 0 amide bonds. The van der Waals surface area contributed by atoms with Crippen molar-refractivity contribution in [3.05, 3.63) is 23.8 Å². The van der Waals surface area contributed by atoms with Gasteiger partial charge in [-0.25, -0.2) is 0 Å². The van der Waals surface area contributed by atoms with E-state index in [1.165, 1.54) is 0 Å².